The Balaban J connectivity index is 2.46. The van der Waals surface area contributed by atoms with Gasteiger partial charge in [0.15, 0.2) is 0 Å². The second-order valence-corrected chi connectivity index (χ2v) is 5.11. The van der Waals surface area contributed by atoms with Crippen molar-refractivity contribution in [3.05, 3.63) is 0 Å². The summed E-state index contributed by atoms with van der Waals surface area (Å²) in [5.74, 6) is 0.418. The highest BCUT2D eigenvalue weighted by Gasteiger charge is 2.32. The molecule has 1 aliphatic rings. The number of piperazine rings is 1. The van der Waals surface area contributed by atoms with Gasteiger partial charge in [-0.15, -0.1) is 13.2 Å². The Kier molecular flexibility index (Phi) is 5.88. The average molecular weight is 268 g/mol. The summed E-state index contributed by atoms with van der Waals surface area (Å²) in [5, 5.41) is 3.43. The molecule has 6 heteroatoms. The van der Waals surface area contributed by atoms with Crippen molar-refractivity contribution in [3.63, 3.8) is 0 Å². The molecule has 1 heterocycles. The first-order valence-corrected chi connectivity index (χ1v) is 6.51. The van der Waals surface area contributed by atoms with Crippen LogP contribution in [-0.4, -0.2) is 49.6 Å². The lowest BCUT2D eigenvalue weighted by molar-refractivity contribution is -0.325. The first-order valence-electron chi connectivity index (χ1n) is 6.51. The summed E-state index contributed by atoms with van der Waals surface area (Å²) >= 11 is 0. The maximum Gasteiger partial charge on any atom is 0.522 e. The molecule has 0 amide bonds. The van der Waals surface area contributed by atoms with E-state index in [1.54, 1.807) is 0 Å². The molecule has 3 nitrogen and oxygen atoms in total. The molecule has 0 aromatic heterocycles. The van der Waals surface area contributed by atoms with Crippen LogP contribution in [0, 0.1) is 5.92 Å². The largest absolute Gasteiger partial charge is 0.522 e. The van der Waals surface area contributed by atoms with Crippen LogP contribution in [0.4, 0.5) is 13.2 Å². The lowest BCUT2D eigenvalue weighted by Gasteiger charge is -2.42. The van der Waals surface area contributed by atoms with Crippen LogP contribution >= 0.6 is 0 Å². The number of ether oxygens (including phenoxy) is 1. The van der Waals surface area contributed by atoms with Gasteiger partial charge in [-0.2, -0.15) is 0 Å². The van der Waals surface area contributed by atoms with Crippen molar-refractivity contribution < 1.29 is 17.9 Å². The summed E-state index contributed by atoms with van der Waals surface area (Å²) in [4.78, 5) is 2.11. The standard InChI is InChI=1S/C12H23F3N2O/c1-4-10-8-17(5-6-18-12(13,14)15)11(7-16-10)9(2)3/h9-11,16H,4-8H2,1-3H3. The fraction of sp³-hybridized carbons (Fsp3) is 1.00. The summed E-state index contributed by atoms with van der Waals surface area (Å²) in [6, 6.07) is 0.649. The van der Waals surface area contributed by atoms with E-state index >= 15 is 0 Å². The predicted octanol–water partition coefficient (Wildman–Crippen LogP) is 2.23. The number of nitrogens with one attached hydrogen (secondary N) is 1. The van der Waals surface area contributed by atoms with Gasteiger partial charge in [0.1, 0.15) is 0 Å². The minimum atomic E-state index is -4.52. The van der Waals surface area contributed by atoms with Gasteiger partial charge in [0, 0.05) is 31.7 Å². The van der Waals surface area contributed by atoms with Crippen molar-refractivity contribution in [2.45, 2.75) is 45.6 Å². The highest BCUT2D eigenvalue weighted by atomic mass is 19.4. The SMILES string of the molecule is CCC1CN(CCOC(F)(F)F)C(C(C)C)CN1. The molecule has 1 N–H and O–H groups in total. The zero-order chi connectivity index (χ0) is 13.8. The van der Waals surface area contributed by atoms with E-state index in [1.165, 1.54) is 0 Å². The molecule has 1 aliphatic heterocycles. The fourth-order valence-corrected chi connectivity index (χ4v) is 2.37. The zero-order valence-electron chi connectivity index (χ0n) is 11.3. The normalized spacial score (nSPS) is 26.8. The second-order valence-electron chi connectivity index (χ2n) is 5.11. The van der Waals surface area contributed by atoms with E-state index in [4.69, 9.17) is 0 Å². The maximum atomic E-state index is 12.0. The third-order valence-electron chi connectivity index (χ3n) is 3.45. The van der Waals surface area contributed by atoms with E-state index in [9.17, 15) is 13.2 Å². The van der Waals surface area contributed by atoms with E-state index in [0.717, 1.165) is 19.5 Å². The molecule has 18 heavy (non-hydrogen) atoms. The molecule has 0 saturated carbocycles. The Morgan fingerprint density at radius 3 is 2.56 bits per heavy atom. The molecule has 2 unspecified atom stereocenters. The van der Waals surface area contributed by atoms with Crippen molar-refractivity contribution in [3.8, 4) is 0 Å². The van der Waals surface area contributed by atoms with Crippen molar-refractivity contribution in [2.75, 3.05) is 26.2 Å². The quantitative estimate of drug-likeness (QED) is 0.827. The summed E-state index contributed by atoms with van der Waals surface area (Å²) < 4.78 is 39.7. The molecule has 0 bridgehead atoms. The predicted molar refractivity (Wildman–Crippen MR) is 64.3 cm³/mol. The van der Waals surface area contributed by atoms with Crippen LogP contribution in [0.3, 0.4) is 0 Å². The smallest absolute Gasteiger partial charge is 0.311 e. The van der Waals surface area contributed by atoms with Crippen LogP contribution in [0.1, 0.15) is 27.2 Å². The third kappa shape index (κ3) is 5.12. The van der Waals surface area contributed by atoms with E-state index in [0.29, 0.717) is 18.5 Å². The van der Waals surface area contributed by atoms with E-state index in [2.05, 4.69) is 35.7 Å². The summed E-state index contributed by atoms with van der Waals surface area (Å²) in [7, 11) is 0. The van der Waals surface area contributed by atoms with E-state index in [1.807, 2.05) is 0 Å². The van der Waals surface area contributed by atoms with Crippen LogP contribution in [0.2, 0.25) is 0 Å². The maximum absolute atomic E-state index is 12.0. The molecule has 0 radical (unpaired) electrons. The summed E-state index contributed by atoms with van der Waals surface area (Å²) in [6.45, 7) is 7.94. The van der Waals surface area contributed by atoms with Crippen LogP contribution in [-0.2, 0) is 4.74 Å². The second kappa shape index (κ2) is 6.73. The lowest BCUT2D eigenvalue weighted by atomic mass is 9.98. The van der Waals surface area contributed by atoms with Crippen molar-refractivity contribution in [2.24, 2.45) is 5.92 Å². The molecule has 0 aliphatic carbocycles. The molecule has 0 aromatic carbocycles. The van der Waals surface area contributed by atoms with Crippen LogP contribution in [0.25, 0.3) is 0 Å². The van der Waals surface area contributed by atoms with Gasteiger partial charge >= 0.3 is 6.36 Å². The Bertz CT molecular complexity index is 246. The number of hydrogen-bond donors (Lipinski definition) is 1. The Labute approximate surface area is 107 Å². The highest BCUT2D eigenvalue weighted by molar-refractivity contribution is 4.87. The van der Waals surface area contributed by atoms with Crippen molar-refractivity contribution in [1.82, 2.24) is 10.2 Å². The number of halogens is 3. The zero-order valence-corrected chi connectivity index (χ0v) is 11.3. The fourth-order valence-electron chi connectivity index (χ4n) is 2.37. The van der Waals surface area contributed by atoms with Crippen LogP contribution < -0.4 is 5.32 Å². The molecule has 2 atom stereocenters. The molecule has 1 fully saturated rings. The summed E-state index contributed by atoms with van der Waals surface area (Å²) in [5.41, 5.74) is 0. The van der Waals surface area contributed by atoms with Crippen LogP contribution in [0.5, 0.6) is 0 Å². The molecule has 0 spiro atoms. The lowest BCUT2D eigenvalue weighted by Crippen LogP contribution is -2.58. The molecular weight excluding hydrogens is 245 g/mol. The number of alkyl halides is 3. The average Bonchev–Trinajstić information content (AvgIpc) is 2.26. The number of nitrogens with zero attached hydrogens (tertiary/aromatic N) is 1. The van der Waals surface area contributed by atoms with Gasteiger partial charge < -0.3 is 5.32 Å². The minimum absolute atomic E-state index is 0.282. The van der Waals surface area contributed by atoms with Crippen LogP contribution in [0.15, 0.2) is 0 Å². The molecule has 1 rings (SSSR count). The molecule has 1 saturated heterocycles. The van der Waals surface area contributed by atoms with Gasteiger partial charge in [-0.25, -0.2) is 0 Å². The van der Waals surface area contributed by atoms with Gasteiger partial charge in [-0.05, 0) is 12.3 Å². The highest BCUT2D eigenvalue weighted by Crippen LogP contribution is 2.18. The first kappa shape index (κ1) is 15.7. The molecule has 0 aromatic rings. The monoisotopic (exact) mass is 268 g/mol. The van der Waals surface area contributed by atoms with Gasteiger partial charge in [-0.1, -0.05) is 20.8 Å². The van der Waals surface area contributed by atoms with Crippen molar-refractivity contribution >= 4 is 0 Å². The first-order chi connectivity index (χ1) is 8.33. The van der Waals surface area contributed by atoms with E-state index in [-0.39, 0.29) is 12.6 Å². The number of rotatable bonds is 5. The minimum Gasteiger partial charge on any atom is -0.311 e. The molecule has 108 valence electrons. The Morgan fingerprint density at radius 2 is 2.06 bits per heavy atom. The third-order valence-corrected chi connectivity index (χ3v) is 3.45. The van der Waals surface area contributed by atoms with Gasteiger partial charge in [0.2, 0.25) is 0 Å². The van der Waals surface area contributed by atoms with Gasteiger partial charge in [0.25, 0.3) is 0 Å². The Hall–Kier alpha value is -0.330. The van der Waals surface area contributed by atoms with Gasteiger partial charge in [-0.3, -0.25) is 9.64 Å². The topological polar surface area (TPSA) is 24.5 Å². The van der Waals surface area contributed by atoms with E-state index < -0.39 is 6.36 Å². The molecular formula is C12H23F3N2O. The van der Waals surface area contributed by atoms with Gasteiger partial charge in [0.05, 0.1) is 6.61 Å². The number of hydrogen-bond acceptors (Lipinski definition) is 3. The summed E-state index contributed by atoms with van der Waals surface area (Å²) in [6.07, 6.45) is -3.53. The Morgan fingerprint density at radius 1 is 1.39 bits per heavy atom. The van der Waals surface area contributed by atoms with Crippen molar-refractivity contribution in [1.29, 1.82) is 0 Å².